The maximum atomic E-state index is 10.9. The fourth-order valence-electron chi connectivity index (χ4n) is 3.03. The Bertz CT molecular complexity index is 805. The van der Waals surface area contributed by atoms with E-state index in [0.29, 0.717) is 5.56 Å². The van der Waals surface area contributed by atoms with E-state index in [1.165, 1.54) is 23.4 Å². The fraction of sp³-hybridized carbons (Fsp3) is 0.278. The molecule has 0 atom stereocenters. The Morgan fingerprint density at radius 2 is 1.79 bits per heavy atom. The first kappa shape index (κ1) is 15.8. The Morgan fingerprint density at radius 3 is 2.42 bits per heavy atom. The van der Waals surface area contributed by atoms with E-state index >= 15 is 0 Å². The van der Waals surface area contributed by atoms with Gasteiger partial charge in [0.1, 0.15) is 6.07 Å². The minimum absolute atomic E-state index is 0.0475. The van der Waals surface area contributed by atoms with Gasteiger partial charge in [0, 0.05) is 44.0 Å². The summed E-state index contributed by atoms with van der Waals surface area (Å²) in [5.41, 5.74) is 3.52. The third-order valence-electron chi connectivity index (χ3n) is 4.30. The van der Waals surface area contributed by atoms with E-state index in [2.05, 4.69) is 47.1 Å². The Kier molecular flexibility index (Phi) is 4.34. The lowest BCUT2D eigenvalue weighted by atomic mass is 10.1. The molecule has 1 fully saturated rings. The van der Waals surface area contributed by atoms with E-state index < -0.39 is 4.92 Å². The molecular weight excluding hydrogens is 304 g/mol. The van der Waals surface area contributed by atoms with Crippen LogP contribution in [0.2, 0.25) is 0 Å². The van der Waals surface area contributed by atoms with Crippen LogP contribution in [0.4, 0.5) is 17.1 Å². The van der Waals surface area contributed by atoms with Crippen molar-refractivity contribution in [3.8, 4) is 6.07 Å². The number of hydrogen-bond donors (Lipinski definition) is 0. The summed E-state index contributed by atoms with van der Waals surface area (Å²) in [6.07, 6.45) is 0. The molecule has 2 aromatic carbocycles. The zero-order valence-corrected chi connectivity index (χ0v) is 13.5. The van der Waals surface area contributed by atoms with E-state index in [0.717, 1.165) is 31.9 Å². The highest BCUT2D eigenvalue weighted by Crippen LogP contribution is 2.27. The highest BCUT2D eigenvalue weighted by Gasteiger charge is 2.21. The van der Waals surface area contributed by atoms with Gasteiger partial charge >= 0.3 is 0 Å². The SMILES string of the molecule is Cc1cccc(N2CCN(c3ccc([N+](=O)[O-])cc3C#N)CC2)c1. The van der Waals surface area contributed by atoms with Gasteiger partial charge in [-0.25, -0.2) is 0 Å². The third-order valence-corrected chi connectivity index (χ3v) is 4.30. The molecule has 0 aromatic heterocycles. The van der Waals surface area contributed by atoms with Gasteiger partial charge in [-0.1, -0.05) is 12.1 Å². The van der Waals surface area contributed by atoms with Crippen molar-refractivity contribution in [3.05, 3.63) is 63.7 Å². The number of rotatable bonds is 3. The monoisotopic (exact) mass is 322 g/mol. The maximum absolute atomic E-state index is 10.9. The first-order valence-electron chi connectivity index (χ1n) is 7.83. The number of piperazine rings is 1. The highest BCUT2D eigenvalue weighted by atomic mass is 16.6. The summed E-state index contributed by atoms with van der Waals surface area (Å²) in [5.74, 6) is 0. The molecule has 2 aromatic rings. The number of nitriles is 1. The molecule has 6 nitrogen and oxygen atoms in total. The maximum Gasteiger partial charge on any atom is 0.270 e. The van der Waals surface area contributed by atoms with Crippen molar-refractivity contribution in [2.45, 2.75) is 6.92 Å². The molecule has 0 N–H and O–H groups in total. The van der Waals surface area contributed by atoms with Gasteiger partial charge in [-0.3, -0.25) is 10.1 Å². The van der Waals surface area contributed by atoms with Gasteiger partial charge in [0.15, 0.2) is 0 Å². The van der Waals surface area contributed by atoms with Crippen molar-refractivity contribution in [2.24, 2.45) is 0 Å². The summed E-state index contributed by atoms with van der Waals surface area (Å²) in [6, 6.07) is 15.0. The largest absolute Gasteiger partial charge is 0.368 e. The van der Waals surface area contributed by atoms with E-state index in [1.54, 1.807) is 6.07 Å². The lowest BCUT2D eigenvalue weighted by Crippen LogP contribution is -2.46. The van der Waals surface area contributed by atoms with E-state index in [9.17, 15) is 15.4 Å². The molecule has 0 radical (unpaired) electrons. The smallest absolute Gasteiger partial charge is 0.270 e. The van der Waals surface area contributed by atoms with Gasteiger partial charge in [-0.05, 0) is 30.7 Å². The highest BCUT2D eigenvalue weighted by molar-refractivity contribution is 5.64. The number of nitrogens with zero attached hydrogens (tertiary/aromatic N) is 4. The number of nitro benzene ring substituents is 1. The quantitative estimate of drug-likeness (QED) is 0.641. The van der Waals surface area contributed by atoms with Crippen molar-refractivity contribution >= 4 is 17.1 Å². The lowest BCUT2D eigenvalue weighted by molar-refractivity contribution is -0.384. The van der Waals surface area contributed by atoms with Crippen LogP contribution < -0.4 is 9.80 Å². The summed E-state index contributed by atoms with van der Waals surface area (Å²) < 4.78 is 0. The van der Waals surface area contributed by atoms with Crippen LogP contribution in [0.1, 0.15) is 11.1 Å². The molecule has 0 spiro atoms. The number of nitro groups is 1. The lowest BCUT2D eigenvalue weighted by Gasteiger charge is -2.37. The predicted octanol–water partition coefficient (Wildman–Crippen LogP) is 3.10. The van der Waals surface area contributed by atoms with E-state index in [1.807, 2.05) is 0 Å². The Balaban J connectivity index is 1.75. The molecule has 6 heteroatoms. The van der Waals surface area contributed by atoms with Gasteiger partial charge in [0.2, 0.25) is 0 Å². The molecule has 1 saturated heterocycles. The van der Waals surface area contributed by atoms with Crippen LogP contribution in [0.25, 0.3) is 0 Å². The Labute approximate surface area is 140 Å². The third kappa shape index (κ3) is 3.15. The first-order chi connectivity index (χ1) is 11.6. The zero-order valence-electron chi connectivity index (χ0n) is 13.5. The van der Waals surface area contributed by atoms with Crippen molar-refractivity contribution in [3.63, 3.8) is 0 Å². The van der Waals surface area contributed by atoms with E-state index in [4.69, 9.17) is 0 Å². The standard InChI is InChI=1S/C18H18N4O2/c1-14-3-2-4-16(11-14)20-7-9-21(10-8-20)18-6-5-17(22(23)24)12-15(18)13-19/h2-6,11-12H,7-10H2,1H3. The van der Waals surface area contributed by atoms with Crippen LogP contribution in [0.3, 0.4) is 0 Å². The zero-order chi connectivity index (χ0) is 17.1. The van der Waals surface area contributed by atoms with Gasteiger partial charge in [-0.2, -0.15) is 5.26 Å². The number of non-ortho nitro benzene ring substituents is 1. The summed E-state index contributed by atoms with van der Waals surface area (Å²) in [6.45, 7) is 5.34. The molecule has 0 bridgehead atoms. The van der Waals surface area contributed by atoms with Crippen molar-refractivity contribution in [1.29, 1.82) is 5.26 Å². The van der Waals surface area contributed by atoms with Crippen LogP contribution in [-0.4, -0.2) is 31.1 Å². The molecule has 1 aliphatic rings. The van der Waals surface area contributed by atoms with Crippen LogP contribution in [-0.2, 0) is 0 Å². The average molecular weight is 322 g/mol. The van der Waals surface area contributed by atoms with Crippen LogP contribution >= 0.6 is 0 Å². The second kappa shape index (κ2) is 6.59. The van der Waals surface area contributed by atoms with Crippen LogP contribution in [0, 0.1) is 28.4 Å². The average Bonchev–Trinajstić information content (AvgIpc) is 2.61. The second-order valence-electron chi connectivity index (χ2n) is 5.88. The van der Waals surface area contributed by atoms with Gasteiger partial charge < -0.3 is 9.80 Å². The molecule has 0 amide bonds. The van der Waals surface area contributed by atoms with Crippen LogP contribution in [0.5, 0.6) is 0 Å². The number of aryl methyl sites for hydroxylation is 1. The van der Waals surface area contributed by atoms with Crippen molar-refractivity contribution < 1.29 is 4.92 Å². The van der Waals surface area contributed by atoms with Crippen LogP contribution in [0.15, 0.2) is 42.5 Å². The number of hydrogen-bond acceptors (Lipinski definition) is 5. The van der Waals surface area contributed by atoms with Gasteiger partial charge in [0.05, 0.1) is 16.2 Å². The molecule has 1 heterocycles. The second-order valence-corrected chi connectivity index (χ2v) is 5.88. The molecule has 3 rings (SSSR count). The molecule has 0 unspecified atom stereocenters. The predicted molar refractivity (Wildman–Crippen MR) is 93.4 cm³/mol. The first-order valence-corrected chi connectivity index (χ1v) is 7.83. The normalized spacial score (nSPS) is 14.3. The van der Waals surface area contributed by atoms with Crippen molar-refractivity contribution in [2.75, 3.05) is 36.0 Å². The molecule has 1 aliphatic heterocycles. The summed E-state index contributed by atoms with van der Waals surface area (Å²) in [4.78, 5) is 14.8. The minimum Gasteiger partial charge on any atom is -0.368 e. The summed E-state index contributed by atoms with van der Waals surface area (Å²) >= 11 is 0. The summed E-state index contributed by atoms with van der Waals surface area (Å²) in [5, 5.41) is 20.2. The molecule has 122 valence electrons. The Morgan fingerprint density at radius 1 is 1.08 bits per heavy atom. The summed E-state index contributed by atoms with van der Waals surface area (Å²) in [7, 11) is 0. The van der Waals surface area contributed by atoms with E-state index in [-0.39, 0.29) is 5.69 Å². The van der Waals surface area contributed by atoms with Gasteiger partial charge in [-0.15, -0.1) is 0 Å². The topological polar surface area (TPSA) is 73.4 Å². The Hall–Kier alpha value is -3.07. The molecule has 0 aliphatic carbocycles. The minimum atomic E-state index is -0.472. The van der Waals surface area contributed by atoms with Crippen molar-refractivity contribution in [1.82, 2.24) is 0 Å². The fourth-order valence-corrected chi connectivity index (χ4v) is 3.03. The molecular formula is C18H18N4O2. The number of anilines is 2. The molecule has 24 heavy (non-hydrogen) atoms. The molecule has 0 saturated carbocycles. The van der Waals surface area contributed by atoms with Gasteiger partial charge in [0.25, 0.3) is 5.69 Å². The number of benzene rings is 2.